The Balaban J connectivity index is 2.59. The maximum Gasteiger partial charge on any atom is 0.405 e. The number of carbonyl (C=O) groups is 1. The van der Waals surface area contributed by atoms with Gasteiger partial charge in [0.05, 0.1) is 0 Å². The second-order valence-corrected chi connectivity index (χ2v) is 4.27. The van der Waals surface area contributed by atoms with Gasteiger partial charge in [0.2, 0.25) is 0 Å². The van der Waals surface area contributed by atoms with Crippen molar-refractivity contribution in [1.29, 1.82) is 0 Å². The summed E-state index contributed by atoms with van der Waals surface area (Å²) in [5, 5.41) is 4.71. The van der Waals surface area contributed by atoms with Crippen molar-refractivity contribution in [2.45, 2.75) is 19.6 Å². The lowest BCUT2D eigenvalue weighted by atomic mass is 10.1. The van der Waals surface area contributed by atoms with Crippen molar-refractivity contribution < 1.29 is 22.7 Å². The van der Waals surface area contributed by atoms with Gasteiger partial charge in [-0.25, -0.2) is 0 Å². The molecule has 20 heavy (non-hydrogen) atoms. The van der Waals surface area contributed by atoms with Crippen LogP contribution in [0.25, 0.3) is 0 Å². The Hall–Kier alpha value is -1.76. The smallest absolute Gasteiger partial charge is 0.405 e. The maximum absolute atomic E-state index is 11.9. The van der Waals surface area contributed by atoms with Crippen LogP contribution >= 0.6 is 0 Å². The van der Waals surface area contributed by atoms with E-state index in [1.165, 1.54) is 0 Å². The highest BCUT2D eigenvalue weighted by atomic mass is 19.4. The molecule has 112 valence electrons. The molecule has 0 spiro atoms. The predicted molar refractivity (Wildman–Crippen MR) is 68.5 cm³/mol. The number of ether oxygens (including phenoxy) is 1. The molecule has 0 saturated carbocycles. The van der Waals surface area contributed by atoms with E-state index >= 15 is 0 Å². The lowest BCUT2D eigenvalue weighted by Crippen LogP contribution is -2.36. The fourth-order valence-electron chi connectivity index (χ4n) is 1.64. The first-order valence-corrected chi connectivity index (χ1v) is 6.03. The fourth-order valence-corrected chi connectivity index (χ4v) is 1.64. The van der Waals surface area contributed by atoms with Crippen LogP contribution in [-0.2, 0) is 11.3 Å². The second kappa shape index (κ2) is 7.14. The highest BCUT2D eigenvalue weighted by Crippen LogP contribution is 2.23. The molecular weight excluding hydrogens is 273 g/mol. The molecule has 0 saturated heterocycles. The summed E-state index contributed by atoms with van der Waals surface area (Å²) < 4.78 is 41.2. The number of carbonyl (C=O) groups excluding carboxylic acids is 1. The first kappa shape index (κ1) is 16.3. The van der Waals surface area contributed by atoms with Crippen LogP contribution in [0, 0.1) is 6.92 Å². The largest absolute Gasteiger partial charge is 0.483 e. The first-order chi connectivity index (χ1) is 9.33. The van der Waals surface area contributed by atoms with Crippen molar-refractivity contribution >= 4 is 5.91 Å². The molecule has 1 amide bonds. The summed E-state index contributed by atoms with van der Waals surface area (Å²) in [4.78, 5) is 11.3. The normalized spacial score (nSPS) is 11.2. The van der Waals surface area contributed by atoms with Crippen LogP contribution in [0.5, 0.6) is 5.75 Å². The molecule has 0 aliphatic heterocycles. The van der Waals surface area contributed by atoms with Gasteiger partial charge in [-0.2, -0.15) is 13.2 Å². The van der Waals surface area contributed by atoms with Crippen LogP contribution < -0.4 is 15.4 Å². The average Bonchev–Trinajstić information content (AvgIpc) is 2.35. The van der Waals surface area contributed by atoms with E-state index in [9.17, 15) is 18.0 Å². The lowest BCUT2D eigenvalue weighted by Gasteiger charge is -2.14. The summed E-state index contributed by atoms with van der Waals surface area (Å²) in [5.74, 6) is -0.287. The average molecular weight is 290 g/mol. The van der Waals surface area contributed by atoms with Gasteiger partial charge >= 0.3 is 6.18 Å². The van der Waals surface area contributed by atoms with Gasteiger partial charge in [-0.3, -0.25) is 4.79 Å². The van der Waals surface area contributed by atoms with E-state index in [4.69, 9.17) is 4.74 Å². The number of hydrogen-bond donors (Lipinski definition) is 2. The molecule has 0 unspecified atom stereocenters. The molecule has 4 nitrogen and oxygen atoms in total. The molecule has 0 aliphatic carbocycles. The van der Waals surface area contributed by atoms with Gasteiger partial charge in [-0.05, 0) is 19.5 Å². The van der Waals surface area contributed by atoms with Crippen molar-refractivity contribution in [2.75, 3.05) is 20.2 Å². The Bertz CT molecular complexity index is 461. The molecule has 1 aromatic carbocycles. The summed E-state index contributed by atoms with van der Waals surface area (Å²) >= 11 is 0. The van der Waals surface area contributed by atoms with Crippen LogP contribution in [0.2, 0.25) is 0 Å². The van der Waals surface area contributed by atoms with E-state index in [0.717, 1.165) is 11.1 Å². The second-order valence-electron chi connectivity index (χ2n) is 4.27. The van der Waals surface area contributed by atoms with E-state index in [1.54, 1.807) is 12.4 Å². The van der Waals surface area contributed by atoms with Crippen LogP contribution in [0.1, 0.15) is 11.1 Å². The number of halogens is 3. The van der Waals surface area contributed by atoms with E-state index in [-0.39, 0.29) is 0 Å². The zero-order valence-corrected chi connectivity index (χ0v) is 11.3. The Morgan fingerprint density at radius 1 is 1.35 bits per heavy atom. The van der Waals surface area contributed by atoms with Gasteiger partial charge in [-0.15, -0.1) is 0 Å². The Kier molecular flexibility index (Phi) is 5.82. The van der Waals surface area contributed by atoms with Gasteiger partial charge in [0.15, 0.2) is 6.61 Å². The number of nitrogens with one attached hydrogen (secondary N) is 2. The molecule has 0 aromatic heterocycles. The number of hydrogen-bond acceptors (Lipinski definition) is 3. The van der Waals surface area contributed by atoms with Gasteiger partial charge in [0.25, 0.3) is 5.91 Å². The minimum Gasteiger partial charge on any atom is -0.483 e. The Morgan fingerprint density at radius 2 is 2.05 bits per heavy atom. The monoisotopic (exact) mass is 290 g/mol. The number of benzene rings is 1. The van der Waals surface area contributed by atoms with Crippen LogP contribution in [0.3, 0.4) is 0 Å². The number of para-hydroxylation sites is 1. The van der Waals surface area contributed by atoms with Crippen molar-refractivity contribution in [2.24, 2.45) is 0 Å². The van der Waals surface area contributed by atoms with E-state index in [2.05, 4.69) is 5.32 Å². The molecular formula is C13H17F3N2O2. The number of rotatable bonds is 6. The van der Waals surface area contributed by atoms with Crippen LogP contribution in [-0.4, -0.2) is 32.3 Å². The molecule has 0 heterocycles. The molecule has 1 rings (SSSR count). The minimum atomic E-state index is -4.42. The van der Waals surface area contributed by atoms with E-state index < -0.39 is 25.2 Å². The molecule has 0 bridgehead atoms. The molecule has 2 N–H and O–H groups in total. The Morgan fingerprint density at radius 3 is 2.65 bits per heavy atom. The molecule has 0 atom stereocenters. The van der Waals surface area contributed by atoms with Crippen molar-refractivity contribution in [3.8, 4) is 5.75 Å². The van der Waals surface area contributed by atoms with Gasteiger partial charge < -0.3 is 15.4 Å². The standard InChI is InChI=1S/C13H17F3N2O2/c1-9-4-3-5-10(6-17-2)12(9)20-7-11(19)18-8-13(14,15)16/h3-5,17H,6-8H2,1-2H3,(H,18,19). The van der Waals surface area contributed by atoms with Crippen molar-refractivity contribution in [1.82, 2.24) is 10.6 Å². The molecule has 0 fully saturated rings. The summed E-state index contributed by atoms with van der Waals surface area (Å²) in [6, 6.07) is 5.48. The molecule has 0 aliphatic rings. The number of alkyl halides is 3. The van der Waals surface area contributed by atoms with E-state index in [1.807, 2.05) is 25.1 Å². The topological polar surface area (TPSA) is 50.4 Å². The lowest BCUT2D eigenvalue weighted by molar-refractivity contribution is -0.139. The Labute approximate surface area is 115 Å². The SMILES string of the molecule is CNCc1cccc(C)c1OCC(=O)NCC(F)(F)F. The van der Waals surface area contributed by atoms with Gasteiger partial charge in [0, 0.05) is 12.1 Å². The summed E-state index contributed by atoms with van der Waals surface area (Å²) in [6.07, 6.45) is -4.42. The number of amides is 1. The predicted octanol–water partition coefficient (Wildman–Crippen LogP) is 1.77. The van der Waals surface area contributed by atoms with Gasteiger partial charge in [-0.1, -0.05) is 18.2 Å². The number of aryl methyl sites for hydroxylation is 1. The third-order valence-corrected chi connectivity index (χ3v) is 2.49. The summed E-state index contributed by atoms with van der Waals surface area (Å²) in [6.45, 7) is 0.549. The summed E-state index contributed by atoms with van der Waals surface area (Å²) in [7, 11) is 1.77. The van der Waals surface area contributed by atoms with E-state index in [0.29, 0.717) is 12.3 Å². The van der Waals surface area contributed by atoms with Gasteiger partial charge in [0.1, 0.15) is 12.3 Å². The quantitative estimate of drug-likeness (QED) is 0.839. The third-order valence-electron chi connectivity index (χ3n) is 2.49. The highest BCUT2D eigenvalue weighted by Gasteiger charge is 2.27. The van der Waals surface area contributed by atoms with Crippen molar-refractivity contribution in [3.05, 3.63) is 29.3 Å². The first-order valence-electron chi connectivity index (χ1n) is 6.03. The zero-order valence-electron chi connectivity index (χ0n) is 11.3. The van der Waals surface area contributed by atoms with Crippen LogP contribution in [0.15, 0.2) is 18.2 Å². The highest BCUT2D eigenvalue weighted by molar-refractivity contribution is 5.77. The minimum absolute atomic E-state index is 0.447. The molecule has 7 heteroatoms. The maximum atomic E-state index is 11.9. The van der Waals surface area contributed by atoms with Crippen LogP contribution in [0.4, 0.5) is 13.2 Å². The molecule has 0 radical (unpaired) electrons. The molecule has 1 aromatic rings. The summed E-state index contributed by atoms with van der Waals surface area (Å²) in [5.41, 5.74) is 1.66. The zero-order chi connectivity index (χ0) is 15.2. The third kappa shape index (κ3) is 5.48. The fraction of sp³-hybridized carbons (Fsp3) is 0.462. The van der Waals surface area contributed by atoms with Crippen molar-refractivity contribution in [3.63, 3.8) is 0 Å².